The van der Waals surface area contributed by atoms with Crippen molar-refractivity contribution >= 4 is 5.91 Å². The van der Waals surface area contributed by atoms with Crippen LogP contribution in [-0.4, -0.2) is 42.2 Å². The van der Waals surface area contributed by atoms with Crippen LogP contribution < -0.4 is 11.3 Å². The third-order valence-corrected chi connectivity index (χ3v) is 1.87. The van der Waals surface area contributed by atoms with E-state index in [2.05, 4.69) is 0 Å². The number of hydrogen-bond donors (Lipinski definition) is 3. The molecule has 0 aromatic carbocycles. The van der Waals surface area contributed by atoms with Gasteiger partial charge in [0, 0.05) is 19.0 Å². The molecule has 0 heterocycles. The van der Waals surface area contributed by atoms with Crippen molar-refractivity contribution in [1.29, 1.82) is 0 Å². The summed E-state index contributed by atoms with van der Waals surface area (Å²) in [4.78, 5) is 12.6. The Morgan fingerprint density at radius 3 is 2.75 bits per heavy atom. The van der Waals surface area contributed by atoms with Crippen LogP contribution in [0.3, 0.4) is 0 Å². The molecular formula is C7H17N3O2. The minimum atomic E-state index is -0.188. The van der Waals surface area contributed by atoms with Crippen LogP contribution in [0.25, 0.3) is 0 Å². The summed E-state index contributed by atoms with van der Waals surface area (Å²) >= 11 is 0. The van der Waals surface area contributed by atoms with Crippen molar-refractivity contribution < 1.29 is 9.90 Å². The van der Waals surface area contributed by atoms with E-state index in [1.807, 2.05) is 24.3 Å². The van der Waals surface area contributed by atoms with Crippen LogP contribution in [0.5, 0.6) is 0 Å². The molecular weight excluding hydrogens is 158 g/mol. The zero-order valence-corrected chi connectivity index (χ0v) is 7.58. The number of aliphatic hydroxyl groups excluding tert-OH is 1. The van der Waals surface area contributed by atoms with Crippen LogP contribution in [0.15, 0.2) is 0 Å². The first kappa shape index (κ1) is 11.4. The van der Waals surface area contributed by atoms with E-state index in [1.54, 1.807) is 0 Å². The van der Waals surface area contributed by atoms with Crippen LogP contribution in [0.4, 0.5) is 0 Å². The van der Waals surface area contributed by atoms with Crippen molar-refractivity contribution in [2.24, 2.45) is 5.84 Å². The minimum Gasteiger partial charge on any atom is -0.395 e. The van der Waals surface area contributed by atoms with Gasteiger partial charge in [-0.05, 0) is 14.0 Å². The molecule has 4 N–H and O–H groups in total. The van der Waals surface area contributed by atoms with Crippen LogP contribution in [0.1, 0.15) is 13.3 Å². The van der Waals surface area contributed by atoms with Crippen LogP contribution in [-0.2, 0) is 4.79 Å². The van der Waals surface area contributed by atoms with Gasteiger partial charge in [0.05, 0.1) is 6.61 Å². The number of nitrogens with two attached hydrogens (primary N) is 1. The molecule has 0 aliphatic rings. The third kappa shape index (κ3) is 4.27. The molecule has 0 saturated carbocycles. The zero-order chi connectivity index (χ0) is 9.56. The van der Waals surface area contributed by atoms with Gasteiger partial charge in [-0.25, -0.2) is 5.84 Å². The van der Waals surface area contributed by atoms with E-state index in [9.17, 15) is 4.79 Å². The lowest BCUT2D eigenvalue weighted by molar-refractivity contribution is -0.121. The van der Waals surface area contributed by atoms with Gasteiger partial charge < -0.3 is 10.0 Å². The summed E-state index contributed by atoms with van der Waals surface area (Å²) in [7, 11) is 1.85. The van der Waals surface area contributed by atoms with Crippen LogP contribution in [0, 0.1) is 0 Å². The largest absolute Gasteiger partial charge is 0.395 e. The highest BCUT2D eigenvalue weighted by molar-refractivity contribution is 5.75. The number of amides is 1. The maximum atomic E-state index is 10.7. The van der Waals surface area contributed by atoms with Gasteiger partial charge in [-0.1, -0.05) is 0 Å². The number of carbonyl (C=O) groups excluding carboxylic acids is 1. The highest BCUT2D eigenvalue weighted by Crippen LogP contribution is 1.94. The Bertz CT molecular complexity index is 141. The van der Waals surface area contributed by atoms with Crippen molar-refractivity contribution in [1.82, 2.24) is 10.3 Å². The van der Waals surface area contributed by atoms with E-state index in [0.717, 1.165) is 0 Å². The van der Waals surface area contributed by atoms with Gasteiger partial charge in [-0.3, -0.25) is 10.2 Å². The Kier molecular flexibility index (Phi) is 5.61. The van der Waals surface area contributed by atoms with E-state index in [4.69, 9.17) is 10.9 Å². The first-order valence-electron chi connectivity index (χ1n) is 3.92. The number of hydrogen-bond acceptors (Lipinski definition) is 4. The molecule has 1 atom stereocenters. The Balaban J connectivity index is 3.56. The summed E-state index contributed by atoms with van der Waals surface area (Å²) in [5.74, 6) is 4.71. The molecule has 72 valence electrons. The van der Waals surface area contributed by atoms with Gasteiger partial charge in [-0.15, -0.1) is 0 Å². The molecule has 0 aromatic rings. The predicted octanol–water partition coefficient (Wildman–Crippen LogP) is -1.32. The molecule has 5 heteroatoms. The van der Waals surface area contributed by atoms with Crippen molar-refractivity contribution in [2.75, 3.05) is 20.2 Å². The Morgan fingerprint density at radius 2 is 2.33 bits per heavy atom. The molecule has 1 unspecified atom stereocenters. The van der Waals surface area contributed by atoms with Crippen molar-refractivity contribution in [3.05, 3.63) is 0 Å². The fourth-order valence-electron chi connectivity index (χ4n) is 0.710. The number of carbonyl (C=O) groups is 1. The second-order valence-corrected chi connectivity index (χ2v) is 2.83. The number of nitrogens with one attached hydrogen (secondary N) is 1. The van der Waals surface area contributed by atoms with Crippen LogP contribution in [0.2, 0.25) is 0 Å². The number of rotatable bonds is 5. The molecule has 0 bridgehead atoms. The first-order chi connectivity index (χ1) is 5.61. The predicted molar refractivity (Wildman–Crippen MR) is 46.1 cm³/mol. The Morgan fingerprint density at radius 1 is 1.75 bits per heavy atom. The summed E-state index contributed by atoms with van der Waals surface area (Å²) in [6, 6.07) is 0.0792. The van der Waals surface area contributed by atoms with Crippen molar-refractivity contribution in [2.45, 2.75) is 19.4 Å². The highest BCUT2D eigenvalue weighted by atomic mass is 16.3. The summed E-state index contributed by atoms with van der Waals surface area (Å²) in [5.41, 5.74) is 2.05. The lowest BCUT2D eigenvalue weighted by Gasteiger charge is -2.21. The lowest BCUT2D eigenvalue weighted by Crippen LogP contribution is -2.37. The monoisotopic (exact) mass is 175 g/mol. The minimum absolute atomic E-state index is 0.0792. The quantitative estimate of drug-likeness (QED) is 0.275. The molecule has 0 aliphatic carbocycles. The maximum Gasteiger partial charge on any atom is 0.235 e. The molecule has 12 heavy (non-hydrogen) atoms. The lowest BCUT2D eigenvalue weighted by atomic mass is 10.3. The summed E-state index contributed by atoms with van der Waals surface area (Å²) in [6.45, 7) is 2.59. The fourth-order valence-corrected chi connectivity index (χ4v) is 0.710. The summed E-state index contributed by atoms with van der Waals surface area (Å²) in [5, 5.41) is 8.76. The summed E-state index contributed by atoms with van der Waals surface area (Å²) < 4.78 is 0. The SMILES string of the molecule is CC(CO)N(C)CCC(=O)NN. The fraction of sp³-hybridized carbons (Fsp3) is 0.857. The van der Waals surface area contributed by atoms with Crippen LogP contribution >= 0.6 is 0 Å². The number of nitrogens with zero attached hydrogens (tertiary/aromatic N) is 1. The molecule has 0 spiro atoms. The highest BCUT2D eigenvalue weighted by Gasteiger charge is 2.08. The zero-order valence-electron chi connectivity index (χ0n) is 7.58. The van der Waals surface area contributed by atoms with E-state index in [-0.39, 0.29) is 18.6 Å². The number of hydrazine groups is 1. The average molecular weight is 175 g/mol. The number of aliphatic hydroxyl groups is 1. The van der Waals surface area contributed by atoms with E-state index < -0.39 is 0 Å². The molecule has 0 rings (SSSR count). The molecule has 0 aliphatic heterocycles. The van der Waals surface area contributed by atoms with Gasteiger partial charge in [0.15, 0.2) is 0 Å². The Hall–Kier alpha value is -0.650. The molecule has 0 fully saturated rings. The Labute approximate surface area is 72.5 Å². The van der Waals surface area contributed by atoms with Gasteiger partial charge in [0.2, 0.25) is 5.91 Å². The third-order valence-electron chi connectivity index (χ3n) is 1.87. The van der Waals surface area contributed by atoms with E-state index in [1.165, 1.54) is 0 Å². The summed E-state index contributed by atoms with van der Waals surface area (Å²) in [6.07, 6.45) is 0.358. The van der Waals surface area contributed by atoms with Gasteiger partial charge in [-0.2, -0.15) is 0 Å². The van der Waals surface area contributed by atoms with Gasteiger partial charge in [0.1, 0.15) is 0 Å². The topological polar surface area (TPSA) is 78.6 Å². The second-order valence-electron chi connectivity index (χ2n) is 2.83. The van der Waals surface area contributed by atoms with E-state index in [0.29, 0.717) is 13.0 Å². The average Bonchev–Trinajstić information content (AvgIpc) is 2.11. The molecule has 0 saturated heterocycles. The maximum absolute atomic E-state index is 10.7. The molecule has 1 amide bonds. The normalized spacial score (nSPS) is 13.1. The molecule has 0 aromatic heterocycles. The van der Waals surface area contributed by atoms with Gasteiger partial charge >= 0.3 is 0 Å². The molecule has 0 radical (unpaired) electrons. The van der Waals surface area contributed by atoms with Crippen molar-refractivity contribution in [3.8, 4) is 0 Å². The first-order valence-corrected chi connectivity index (χ1v) is 3.92. The second kappa shape index (κ2) is 5.93. The van der Waals surface area contributed by atoms with Crippen molar-refractivity contribution in [3.63, 3.8) is 0 Å². The van der Waals surface area contributed by atoms with E-state index >= 15 is 0 Å². The van der Waals surface area contributed by atoms with Gasteiger partial charge in [0.25, 0.3) is 0 Å². The standard InChI is InChI=1S/C7H17N3O2/c1-6(5-11)10(2)4-3-7(12)9-8/h6,11H,3-5,8H2,1-2H3,(H,9,12). The molecule has 5 nitrogen and oxygen atoms in total. The number of likely N-dealkylation sites (N-methyl/N-ethyl adjacent to an activating group) is 1. The smallest absolute Gasteiger partial charge is 0.235 e.